The maximum Gasteiger partial charge on any atom is 0.306 e. The third kappa shape index (κ3) is 8.43. The lowest BCUT2D eigenvalue weighted by atomic mass is 9.97. The summed E-state index contributed by atoms with van der Waals surface area (Å²) >= 11 is 10.5. The van der Waals surface area contributed by atoms with Crippen molar-refractivity contribution in [2.75, 3.05) is 13.2 Å². The Morgan fingerprint density at radius 1 is 0.714 bits per heavy atom. The minimum absolute atomic E-state index is 0.0503. The summed E-state index contributed by atoms with van der Waals surface area (Å²) in [6.07, 6.45) is 4.39. The first-order valence-electron chi connectivity index (χ1n) is 16.5. The van der Waals surface area contributed by atoms with E-state index in [-0.39, 0.29) is 42.4 Å². The van der Waals surface area contributed by atoms with E-state index in [1.54, 1.807) is 13.8 Å². The molecule has 1 N–H and O–H groups in total. The van der Waals surface area contributed by atoms with Crippen LogP contribution in [0.5, 0.6) is 0 Å². The van der Waals surface area contributed by atoms with E-state index >= 15 is 0 Å². The fourth-order valence-corrected chi connectivity index (χ4v) is 8.94. The van der Waals surface area contributed by atoms with Crippen molar-refractivity contribution in [2.45, 2.75) is 64.7 Å². The van der Waals surface area contributed by atoms with E-state index in [0.29, 0.717) is 49.4 Å². The molecule has 0 amide bonds. The number of oxime groups is 1. The highest BCUT2D eigenvalue weighted by molar-refractivity contribution is 9.11. The monoisotopic (exact) mass is 857 g/mol. The van der Waals surface area contributed by atoms with Crippen LogP contribution in [0.2, 0.25) is 0 Å². The molecule has 4 aliphatic carbocycles. The summed E-state index contributed by atoms with van der Waals surface area (Å²) in [5, 5.41) is 12.5. The number of rotatable bonds is 6. The Kier molecular flexibility index (Phi) is 12.7. The number of carbonyl (C=O) groups is 4. The number of ketones is 2. The third-order valence-corrected chi connectivity index (χ3v) is 11.7. The summed E-state index contributed by atoms with van der Waals surface area (Å²) in [5.74, 6) is 0.694. The van der Waals surface area contributed by atoms with Gasteiger partial charge in [0.2, 0.25) is 0 Å². The predicted molar refractivity (Wildman–Crippen MR) is 196 cm³/mol. The summed E-state index contributed by atoms with van der Waals surface area (Å²) in [5.41, 5.74) is 7.14. The summed E-state index contributed by atoms with van der Waals surface area (Å²) in [6, 6.07) is 17.7. The van der Waals surface area contributed by atoms with Gasteiger partial charge in [-0.15, -0.1) is 0 Å². The molecular weight excluding hydrogens is 822 g/mol. The molecule has 258 valence electrons. The van der Waals surface area contributed by atoms with Gasteiger partial charge in [0.1, 0.15) is 5.78 Å². The van der Waals surface area contributed by atoms with Crippen LogP contribution in [-0.4, -0.2) is 47.6 Å². The molecule has 11 heteroatoms. The summed E-state index contributed by atoms with van der Waals surface area (Å²) in [4.78, 5) is 46.3. The maximum absolute atomic E-state index is 12.1. The standard InChI is InChI=1S/C13H14BrNO3.C13H13BrO3.C12H11BrO/c1-2-18-12(16)7-8-6-10-9(13(8)15-17)4-3-5-11(10)14;1-2-17-12(15)7-8-6-10-9(13(8)16)4-3-5-11(10)14;13-12-3-1-2-9-10-6-8(14)4-7(10)5-11(9)12/h3-5,8,17H,2,6-7H2,1H3;3-5,8H,2,6-7H2,1H3;1-3,7,10H,4-6H2. The average Bonchev–Trinajstić information content (AvgIpc) is 3.80. The number of halogens is 3. The van der Waals surface area contributed by atoms with Crippen LogP contribution in [0.3, 0.4) is 0 Å². The lowest BCUT2D eigenvalue weighted by Gasteiger charge is -2.08. The van der Waals surface area contributed by atoms with Crippen LogP contribution in [0.25, 0.3) is 0 Å². The van der Waals surface area contributed by atoms with Gasteiger partial charge in [0.15, 0.2) is 5.78 Å². The third-order valence-electron chi connectivity index (χ3n) is 9.51. The van der Waals surface area contributed by atoms with Crippen LogP contribution >= 0.6 is 47.8 Å². The number of hydrogen-bond donors (Lipinski definition) is 1. The lowest BCUT2D eigenvalue weighted by Crippen LogP contribution is -2.17. The second-order valence-corrected chi connectivity index (χ2v) is 15.1. The number of fused-ring (bicyclic) bond motifs is 5. The minimum Gasteiger partial charge on any atom is -0.466 e. The van der Waals surface area contributed by atoms with Gasteiger partial charge in [0.05, 0.1) is 31.8 Å². The highest BCUT2D eigenvalue weighted by Gasteiger charge is 2.40. The Hall–Kier alpha value is -3.15. The molecule has 0 spiro atoms. The molecule has 4 atom stereocenters. The van der Waals surface area contributed by atoms with Crippen LogP contribution in [0, 0.1) is 17.8 Å². The van der Waals surface area contributed by atoms with Crippen molar-refractivity contribution in [1.29, 1.82) is 0 Å². The van der Waals surface area contributed by atoms with E-state index in [1.807, 2.05) is 36.4 Å². The number of esters is 2. The van der Waals surface area contributed by atoms with Crippen LogP contribution in [0.1, 0.15) is 83.6 Å². The fraction of sp³-hybridized carbons (Fsp3) is 0.395. The topological polar surface area (TPSA) is 119 Å². The molecule has 49 heavy (non-hydrogen) atoms. The molecule has 7 rings (SSSR count). The molecule has 0 bridgehead atoms. The summed E-state index contributed by atoms with van der Waals surface area (Å²) in [7, 11) is 0. The van der Waals surface area contributed by atoms with E-state index in [2.05, 4.69) is 71.1 Å². The van der Waals surface area contributed by atoms with Gasteiger partial charge >= 0.3 is 11.9 Å². The molecule has 3 aromatic rings. The molecule has 1 saturated carbocycles. The molecule has 4 aliphatic rings. The van der Waals surface area contributed by atoms with Gasteiger partial charge in [-0.05, 0) is 85.4 Å². The van der Waals surface area contributed by atoms with E-state index < -0.39 is 0 Å². The smallest absolute Gasteiger partial charge is 0.306 e. The number of hydrogen-bond acceptors (Lipinski definition) is 8. The predicted octanol–water partition coefficient (Wildman–Crippen LogP) is 8.58. The fourth-order valence-electron chi connectivity index (χ4n) is 7.35. The SMILES string of the molecule is CCOC(=O)CC1Cc2c(Br)cccc2C1=NO.CCOC(=O)CC1Cc2c(Br)cccc2C1=O.O=C1CC2Cc3c(Br)cccc3C2C1. The van der Waals surface area contributed by atoms with Gasteiger partial charge in [-0.3, -0.25) is 19.2 Å². The molecule has 0 aliphatic heterocycles. The molecule has 1 fully saturated rings. The second-order valence-electron chi connectivity index (χ2n) is 12.5. The largest absolute Gasteiger partial charge is 0.466 e. The first-order valence-corrected chi connectivity index (χ1v) is 18.8. The van der Waals surface area contributed by atoms with Crippen LogP contribution in [0.4, 0.5) is 0 Å². The Morgan fingerprint density at radius 3 is 1.84 bits per heavy atom. The van der Waals surface area contributed by atoms with E-state index in [1.165, 1.54) is 15.6 Å². The minimum atomic E-state index is -0.297. The van der Waals surface area contributed by atoms with Crippen molar-refractivity contribution in [3.63, 3.8) is 0 Å². The van der Waals surface area contributed by atoms with Gasteiger partial charge < -0.3 is 14.7 Å². The van der Waals surface area contributed by atoms with Crippen LogP contribution in [-0.2, 0) is 43.1 Å². The Balaban J connectivity index is 0.000000144. The van der Waals surface area contributed by atoms with Gasteiger partial charge in [-0.25, -0.2) is 0 Å². The lowest BCUT2D eigenvalue weighted by molar-refractivity contribution is -0.144. The van der Waals surface area contributed by atoms with E-state index in [9.17, 15) is 19.2 Å². The highest BCUT2D eigenvalue weighted by Crippen LogP contribution is 2.48. The number of carbonyl (C=O) groups excluding carboxylic acids is 4. The zero-order chi connectivity index (χ0) is 35.2. The molecule has 0 radical (unpaired) electrons. The number of Topliss-reactive ketones (excluding diaryl/α,β-unsaturated/α-hetero) is 2. The average molecular weight is 860 g/mol. The Bertz CT molecular complexity index is 1790. The van der Waals surface area contributed by atoms with Gasteiger partial charge in [-0.1, -0.05) is 89.3 Å². The number of nitrogens with zero attached hydrogens (tertiary/aromatic N) is 1. The molecular formula is C38H38Br3NO7. The summed E-state index contributed by atoms with van der Waals surface area (Å²) in [6.45, 7) is 4.27. The van der Waals surface area contributed by atoms with Gasteiger partial charge in [-0.2, -0.15) is 0 Å². The van der Waals surface area contributed by atoms with E-state index in [4.69, 9.17) is 14.7 Å². The van der Waals surface area contributed by atoms with Crippen molar-refractivity contribution in [2.24, 2.45) is 22.9 Å². The normalized spacial score (nSPS) is 21.9. The molecule has 8 nitrogen and oxygen atoms in total. The first-order chi connectivity index (χ1) is 23.6. The van der Waals surface area contributed by atoms with Crippen molar-refractivity contribution >= 4 is 77.0 Å². The van der Waals surface area contributed by atoms with Crippen LogP contribution < -0.4 is 0 Å². The number of benzene rings is 3. The molecule has 0 heterocycles. The molecule has 4 unspecified atom stereocenters. The summed E-state index contributed by atoms with van der Waals surface area (Å²) < 4.78 is 13.0. The highest BCUT2D eigenvalue weighted by atomic mass is 79.9. The van der Waals surface area contributed by atoms with Crippen LogP contribution in [0.15, 0.2) is 73.2 Å². The van der Waals surface area contributed by atoms with Gasteiger partial charge in [0, 0.05) is 49.2 Å². The van der Waals surface area contributed by atoms with Crippen molar-refractivity contribution in [1.82, 2.24) is 0 Å². The zero-order valence-corrected chi connectivity index (χ0v) is 32.1. The van der Waals surface area contributed by atoms with Crippen molar-refractivity contribution in [3.05, 3.63) is 101 Å². The van der Waals surface area contributed by atoms with Crippen molar-refractivity contribution < 1.29 is 33.9 Å². The zero-order valence-electron chi connectivity index (χ0n) is 27.3. The molecule has 0 aromatic heterocycles. The quantitative estimate of drug-likeness (QED) is 0.150. The molecule has 0 saturated heterocycles. The van der Waals surface area contributed by atoms with Crippen molar-refractivity contribution in [3.8, 4) is 0 Å². The number of ether oxygens (including phenoxy) is 2. The Labute approximate surface area is 311 Å². The van der Waals surface area contributed by atoms with E-state index in [0.717, 1.165) is 50.5 Å². The maximum atomic E-state index is 12.1. The van der Waals surface area contributed by atoms with Gasteiger partial charge in [0.25, 0.3) is 0 Å². The molecule has 3 aromatic carbocycles. The Morgan fingerprint density at radius 2 is 1.24 bits per heavy atom. The second kappa shape index (κ2) is 16.7. The first kappa shape index (κ1) is 37.1.